The molecule has 0 aliphatic carbocycles. The van der Waals surface area contributed by atoms with Crippen molar-refractivity contribution in [1.82, 2.24) is 8.61 Å². The van der Waals surface area contributed by atoms with Crippen LogP contribution in [0.25, 0.3) is 0 Å². The van der Waals surface area contributed by atoms with Gasteiger partial charge in [0.05, 0.1) is 13.0 Å². The zero-order chi connectivity index (χ0) is 17.1. The van der Waals surface area contributed by atoms with E-state index >= 15 is 4.39 Å². The Morgan fingerprint density at radius 2 is 2.04 bits per heavy atom. The van der Waals surface area contributed by atoms with Crippen molar-refractivity contribution in [2.45, 2.75) is 24.9 Å². The normalized spacial score (nSPS) is 23.1. The van der Waals surface area contributed by atoms with Gasteiger partial charge in [-0.3, -0.25) is 4.79 Å². The number of piperidine rings is 1. The number of nitrogens with zero attached hydrogens (tertiary/aromatic N) is 2. The fourth-order valence-corrected chi connectivity index (χ4v) is 4.15. The predicted molar refractivity (Wildman–Crippen MR) is 83.8 cm³/mol. The minimum absolute atomic E-state index is 0.140. The number of carbonyl (C=O) groups is 1. The van der Waals surface area contributed by atoms with Crippen LogP contribution in [0.2, 0.25) is 0 Å². The number of hydrogen-bond acceptors (Lipinski definition) is 3. The number of carboxylic acids is 1. The van der Waals surface area contributed by atoms with Gasteiger partial charge in [0.1, 0.15) is 5.67 Å². The third-order valence-electron chi connectivity index (χ3n) is 4.06. The van der Waals surface area contributed by atoms with Crippen LogP contribution in [-0.4, -0.2) is 54.8 Å². The summed E-state index contributed by atoms with van der Waals surface area (Å²) in [6.07, 6.45) is 0.391. The zero-order valence-electron chi connectivity index (χ0n) is 13.0. The third kappa shape index (κ3) is 4.07. The van der Waals surface area contributed by atoms with Gasteiger partial charge < -0.3 is 5.11 Å². The van der Waals surface area contributed by atoms with E-state index in [1.54, 1.807) is 30.3 Å². The monoisotopic (exact) mass is 344 g/mol. The van der Waals surface area contributed by atoms with E-state index in [0.29, 0.717) is 12.0 Å². The predicted octanol–water partition coefficient (Wildman–Crippen LogP) is 1.60. The van der Waals surface area contributed by atoms with Crippen molar-refractivity contribution >= 4 is 16.2 Å². The Bertz CT molecular complexity index is 653. The summed E-state index contributed by atoms with van der Waals surface area (Å²) in [5.74, 6) is -1.07. The van der Waals surface area contributed by atoms with Crippen molar-refractivity contribution in [3.63, 3.8) is 0 Å². The summed E-state index contributed by atoms with van der Waals surface area (Å²) < 4.78 is 42.3. The summed E-state index contributed by atoms with van der Waals surface area (Å²) in [6.45, 7) is -0.159. The summed E-state index contributed by atoms with van der Waals surface area (Å²) in [4.78, 5) is 10.6. The number of alkyl halides is 1. The van der Waals surface area contributed by atoms with Gasteiger partial charge in [0.25, 0.3) is 10.2 Å². The number of hydrogen-bond donors (Lipinski definition) is 1. The van der Waals surface area contributed by atoms with Gasteiger partial charge in [-0.05, 0) is 18.4 Å². The first-order valence-electron chi connectivity index (χ1n) is 7.43. The van der Waals surface area contributed by atoms with Gasteiger partial charge in [-0.15, -0.1) is 0 Å². The summed E-state index contributed by atoms with van der Waals surface area (Å²) in [6, 6.07) is 8.55. The minimum Gasteiger partial charge on any atom is -0.481 e. The van der Waals surface area contributed by atoms with Gasteiger partial charge in [0.2, 0.25) is 0 Å². The van der Waals surface area contributed by atoms with Crippen LogP contribution in [0.5, 0.6) is 0 Å². The average molecular weight is 344 g/mol. The van der Waals surface area contributed by atoms with Crippen molar-refractivity contribution in [1.29, 1.82) is 0 Å². The highest BCUT2D eigenvalue weighted by Gasteiger charge is 2.42. The van der Waals surface area contributed by atoms with E-state index in [9.17, 15) is 13.2 Å². The lowest BCUT2D eigenvalue weighted by molar-refractivity contribution is -0.137. The SMILES string of the molecule is CN(CCC(=O)O)S(=O)(=O)N1CCCC(F)(c2ccccc2)C1. The van der Waals surface area contributed by atoms with Crippen molar-refractivity contribution in [3.8, 4) is 0 Å². The Morgan fingerprint density at radius 3 is 2.65 bits per heavy atom. The quantitative estimate of drug-likeness (QED) is 0.850. The van der Waals surface area contributed by atoms with E-state index in [1.165, 1.54) is 7.05 Å². The summed E-state index contributed by atoms with van der Waals surface area (Å²) in [7, 11) is -2.56. The maximum absolute atomic E-state index is 15.2. The Balaban J connectivity index is 2.15. The second-order valence-electron chi connectivity index (χ2n) is 5.74. The molecule has 1 atom stereocenters. The maximum atomic E-state index is 15.2. The molecule has 0 bridgehead atoms. The molecule has 128 valence electrons. The molecule has 0 saturated carbocycles. The first-order valence-corrected chi connectivity index (χ1v) is 8.83. The molecule has 0 amide bonds. The van der Waals surface area contributed by atoms with Crippen LogP contribution in [0, 0.1) is 0 Å². The third-order valence-corrected chi connectivity index (χ3v) is 5.99. The topological polar surface area (TPSA) is 77.9 Å². The van der Waals surface area contributed by atoms with Crippen LogP contribution in [-0.2, 0) is 20.7 Å². The molecule has 23 heavy (non-hydrogen) atoms. The number of rotatable bonds is 6. The lowest BCUT2D eigenvalue weighted by atomic mass is 9.88. The maximum Gasteiger partial charge on any atom is 0.304 e. The van der Waals surface area contributed by atoms with Gasteiger partial charge in [-0.2, -0.15) is 17.0 Å². The molecule has 1 aliphatic heterocycles. The minimum atomic E-state index is -3.87. The first kappa shape index (κ1) is 17.8. The van der Waals surface area contributed by atoms with Gasteiger partial charge in [0.15, 0.2) is 0 Å². The molecule has 8 heteroatoms. The Kier molecular flexibility index (Phi) is 5.38. The molecular formula is C15H21FN2O4S. The highest BCUT2D eigenvalue weighted by atomic mass is 32.2. The second-order valence-corrected chi connectivity index (χ2v) is 7.78. The van der Waals surface area contributed by atoms with Crippen molar-refractivity contribution in [2.24, 2.45) is 0 Å². The molecule has 1 aromatic rings. The highest BCUT2D eigenvalue weighted by Crippen LogP contribution is 2.36. The van der Waals surface area contributed by atoms with E-state index in [-0.39, 0.29) is 32.5 Å². The summed E-state index contributed by atoms with van der Waals surface area (Å²) in [5.41, 5.74) is -1.26. The number of benzene rings is 1. The van der Waals surface area contributed by atoms with E-state index in [4.69, 9.17) is 5.11 Å². The lowest BCUT2D eigenvalue weighted by Crippen LogP contribution is -2.51. The van der Waals surface area contributed by atoms with Crippen LogP contribution in [0.4, 0.5) is 4.39 Å². The molecule has 6 nitrogen and oxygen atoms in total. The number of carboxylic acid groups (broad SMARTS) is 1. The van der Waals surface area contributed by atoms with Crippen molar-refractivity contribution in [3.05, 3.63) is 35.9 Å². The smallest absolute Gasteiger partial charge is 0.304 e. The molecule has 0 spiro atoms. The Labute approximate surface area is 135 Å². The second kappa shape index (κ2) is 6.94. The van der Waals surface area contributed by atoms with E-state index in [1.807, 2.05) is 0 Å². The Hall–Kier alpha value is -1.51. The molecule has 0 aromatic heterocycles. The van der Waals surface area contributed by atoms with Crippen LogP contribution in [0.3, 0.4) is 0 Å². The molecule has 1 fully saturated rings. The van der Waals surface area contributed by atoms with Crippen LogP contribution in [0.15, 0.2) is 30.3 Å². The van der Waals surface area contributed by atoms with Crippen molar-refractivity contribution in [2.75, 3.05) is 26.7 Å². The molecule has 2 rings (SSSR count). The Morgan fingerprint density at radius 1 is 1.39 bits per heavy atom. The van der Waals surface area contributed by atoms with Crippen LogP contribution in [0.1, 0.15) is 24.8 Å². The molecular weight excluding hydrogens is 323 g/mol. The fraction of sp³-hybridized carbons (Fsp3) is 0.533. The first-order chi connectivity index (χ1) is 10.8. The summed E-state index contributed by atoms with van der Waals surface area (Å²) in [5, 5.41) is 8.68. The lowest BCUT2D eigenvalue weighted by Gasteiger charge is -2.38. The van der Waals surface area contributed by atoms with E-state index in [0.717, 1.165) is 8.61 Å². The van der Waals surface area contributed by atoms with Gasteiger partial charge in [-0.25, -0.2) is 4.39 Å². The standard InChI is InChI=1S/C15H21FN2O4S/c1-17(11-8-14(19)20)23(21,22)18-10-5-9-15(16,12-18)13-6-3-2-4-7-13/h2-4,6-7H,5,8-12H2,1H3,(H,19,20). The van der Waals surface area contributed by atoms with Crippen molar-refractivity contribution < 1.29 is 22.7 Å². The molecule has 1 N–H and O–H groups in total. The molecule has 0 radical (unpaired) electrons. The molecule has 1 heterocycles. The fourth-order valence-electron chi connectivity index (χ4n) is 2.71. The number of halogens is 1. The van der Waals surface area contributed by atoms with Crippen LogP contribution < -0.4 is 0 Å². The van der Waals surface area contributed by atoms with E-state index < -0.39 is 21.8 Å². The summed E-state index contributed by atoms with van der Waals surface area (Å²) >= 11 is 0. The molecule has 1 unspecified atom stereocenters. The van der Waals surface area contributed by atoms with Gasteiger partial charge >= 0.3 is 5.97 Å². The molecule has 1 aromatic carbocycles. The van der Waals surface area contributed by atoms with Gasteiger partial charge in [0, 0.05) is 20.1 Å². The zero-order valence-corrected chi connectivity index (χ0v) is 13.8. The number of aliphatic carboxylic acids is 1. The van der Waals surface area contributed by atoms with Crippen LogP contribution >= 0.6 is 0 Å². The van der Waals surface area contributed by atoms with Gasteiger partial charge in [-0.1, -0.05) is 30.3 Å². The largest absolute Gasteiger partial charge is 0.481 e. The van der Waals surface area contributed by atoms with E-state index in [2.05, 4.69) is 0 Å². The average Bonchev–Trinajstić information content (AvgIpc) is 2.53. The molecule has 1 aliphatic rings. The highest BCUT2D eigenvalue weighted by molar-refractivity contribution is 7.86. The molecule has 1 saturated heterocycles.